The Hall–Kier alpha value is -3.55. The molecule has 0 saturated carbocycles. The summed E-state index contributed by atoms with van der Waals surface area (Å²) in [5, 5.41) is 0. The number of fused-ring (bicyclic) bond motifs is 2. The molecule has 1 unspecified atom stereocenters. The van der Waals surface area contributed by atoms with E-state index in [0.29, 0.717) is 11.4 Å². The number of aryl methyl sites for hydroxylation is 2. The van der Waals surface area contributed by atoms with Crippen molar-refractivity contribution in [2.24, 2.45) is 7.05 Å². The van der Waals surface area contributed by atoms with Crippen LogP contribution in [0.1, 0.15) is 6.42 Å². The molecule has 0 spiro atoms. The lowest BCUT2D eigenvalue weighted by Crippen LogP contribution is -2.50. The molecule has 3 aromatic rings. The van der Waals surface area contributed by atoms with Gasteiger partial charge >= 0.3 is 5.69 Å². The number of rotatable bonds is 4. The molecule has 4 rings (SSSR count). The highest BCUT2D eigenvalue weighted by Gasteiger charge is 2.34. The summed E-state index contributed by atoms with van der Waals surface area (Å²) in [5.74, 6) is 0.134. The second kappa shape index (κ2) is 7.70. The Bertz CT molecular complexity index is 1180. The quantitative estimate of drug-likeness (QED) is 0.657. The number of hydrogen-bond acceptors (Lipinski definition) is 4. The van der Waals surface area contributed by atoms with Gasteiger partial charge in [0.1, 0.15) is 5.75 Å². The van der Waals surface area contributed by atoms with Gasteiger partial charge in [0, 0.05) is 34.1 Å². The fraction of sp³-hybridized carbons (Fsp3) is 0.318. The van der Waals surface area contributed by atoms with Crippen molar-refractivity contribution in [1.29, 1.82) is 0 Å². The van der Waals surface area contributed by atoms with Gasteiger partial charge in [-0.3, -0.25) is 18.7 Å². The van der Waals surface area contributed by atoms with E-state index in [2.05, 4.69) is 0 Å². The summed E-state index contributed by atoms with van der Waals surface area (Å²) in [5.41, 5.74) is 2.09. The molecule has 1 aliphatic heterocycles. The van der Waals surface area contributed by atoms with Gasteiger partial charge in [0.05, 0.1) is 23.3 Å². The maximum absolute atomic E-state index is 13.1. The van der Waals surface area contributed by atoms with Crippen LogP contribution in [0.5, 0.6) is 5.75 Å². The van der Waals surface area contributed by atoms with Gasteiger partial charge in [-0.15, -0.1) is 0 Å². The van der Waals surface area contributed by atoms with E-state index >= 15 is 0 Å². The summed E-state index contributed by atoms with van der Waals surface area (Å²) < 4.78 is 9.03. The van der Waals surface area contributed by atoms with Crippen molar-refractivity contribution >= 4 is 28.5 Å². The molecular weight excluding hydrogens is 384 g/mol. The molecule has 156 valence electrons. The number of hydrogen-bond donors (Lipinski definition) is 0. The van der Waals surface area contributed by atoms with Gasteiger partial charge in [-0.2, -0.15) is 0 Å². The first-order valence-electron chi connectivity index (χ1n) is 9.80. The van der Waals surface area contributed by atoms with Gasteiger partial charge < -0.3 is 14.5 Å². The molecule has 2 heterocycles. The summed E-state index contributed by atoms with van der Waals surface area (Å²) in [4.78, 5) is 41.3. The Labute approximate surface area is 173 Å². The van der Waals surface area contributed by atoms with E-state index in [-0.39, 0.29) is 37.0 Å². The lowest BCUT2D eigenvalue weighted by atomic mass is 10.1. The van der Waals surface area contributed by atoms with E-state index in [0.717, 1.165) is 11.0 Å². The Kier molecular flexibility index (Phi) is 5.07. The van der Waals surface area contributed by atoms with Crippen molar-refractivity contribution in [2.75, 3.05) is 25.5 Å². The molecule has 0 N–H and O–H groups in total. The SMILES string of the molecule is CN(C)C(=O)C1CN(C(=O)CCn2c(=O)n(C)c3ccccc32)c2ccccc2O1. The predicted octanol–water partition coefficient (Wildman–Crippen LogP) is 1.61. The fourth-order valence-corrected chi connectivity index (χ4v) is 3.81. The number of benzene rings is 2. The Morgan fingerprint density at radius 2 is 1.73 bits per heavy atom. The normalized spacial score (nSPS) is 15.6. The van der Waals surface area contributed by atoms with Gasteiger partial charge in [0.25, 0.3) is 5.91 Å². The van der Waals surface area contributed by atoms with Crippen LogP contribution in [0.4, 0.5) is 5.69 Å². The molecule has 1 aromatic heterocycles. The van der Waals surface area contributed by atoms with Crippen LogP contribution in [0.2, 0.25) is 0 Å². The molecule has 1 atom stereocenters. The monoisotopic (exact) mass is 408 g/mol. The largest absolute Gasteiger partial charge is 0.476 e. The van der Waals surface area contributed by atoms with E-state index in [1.165, 1.54) is 4.90 Å². The molecule has 2 aromatic carbocycles. The first kappa shape index (κ1) is 19.8. The van der Waals surface area contributed by atoms with Gasteiger partial charge in [-0.05, 0) is 24.3 Å². The smallest absolute Gasteiger partial charge is 0.328 e. The molecule has 0 aliphatic carbocycles. The maximum Gasteiger partial charge on any atom is 0.328 e. The molecule has 2 amide bonds. The highest BCUT2D eigenvalue weighted by molar-refractivity contribution is 5.97. The Morgan fingerprint density at radius 3 is 2.47 bits per heavy atom. The van der Waals surface area contributed by atoms with Gasteiger partial charge in [-0.25, -0.2) is 4.79 Å². The van der Waals surface area contributed by atoms with E-state index in [9.17, 15) is 14.4 Å². The zero-order valence-electron chi connectivity index (χ0n) is 17.2. The van der Waals surface area contributed by atoms with Crippen molar-refractivity contribution < 1.29 is 14.3 Å². The maximum atomic E-state index is 13.1. The highest BCUT2D eigenvalue weighted by Crippen LogP contribution is 2.33. The number of imidazole rings is 1. The van der Waals surface area contributed by atoms with Crippen LogP contribution in [0, 0.1) is 0 Å². The molecule has 0 radical (unpaired) electrons. The molecule has 8 heteroatoms. The lowest BCUT2D eigenvalue weighted by molar-refractivity contribution is -0.136. The van der Waals surface area contributed by atoms with E-state index < -0.39 is 6.10 Å². The number of ether oxygens (including phenoxy) is 1. The number of anilines is 1. The number of likely N-dealkylation sites (N-methyl/N-ethyl adjacent to an activating group) is 1. The third-order valence-corrected chi connectivity index (χ3v) is 5.39. The van der Waals surface area contributed by atoms with Crippen molar-refractivity contribution in [3.63, 3.8) is 0 Å². The fourth-order valence-electron chi connectivity index (χ4n) is 3.81. The molecule has 30 heavy (non-hydrogen) atoms. The molecule has 1 aliphatic rings. The van der Waals surface area contributed by atoms with Crippen LogP contribution in [0.3, 0.4) is 0 Å². The van der Waals surface area contributed by atoms with Crippen LogP contribution in [-0.4, -0.2) is 52.6 Å². The first-order chi connectivity index (χ1) is 14.4. The third kappa shape index (κ3) is 3.34. The number of carbonyl (C=O) groups is 2. The van der Waals surface area contributed by atoms with Crippen molar-refractivity contribution in [2.45, 2.75) is 19.1 Å². The Morgan fingerprint density at radius 1 is 1.07 bits per heavy atom. The van der Waals surface area contributed by atoms with Crippen molar-refractivity contribution in [3.05, 3.63) is 59.0 Å². The second-order valence-electron chi connectivity index (χ2n) is 7.54. The van der Waals surface area contributed by atoms with E-state index in [1.807, 2.05) is 30.3 Å². The number of para-hydroxylation sites is 4. The van der Waals surface area contributed by atoms with Crippen LogP contribution < -0.4 is 15.3 Å². The summed E-state index contributed by atoms with van der Waals surface area (Å²) >= 11 is 0. The standard InChI is InChI=1S/C22H24N4O4/c1-23(2)21(28)19-14-26(17-10-6-7-11-18(17)30-19)20(27)12-13-25-16-9-5-4-8-15(16)24(3)22(25)29/h4-11,19H,12-14H2,1-3H3. The number of aromatic nitrogens is 2. The molecular formula is C22H24N4O4. The molecule has 0 saturated heterocycles. The molecule has 0 fully saturated rings. The number of nitrogens with zero attached hydrogens (tertiary/aromatic N) is 4. The van der Waals surface area contributed by atoms with Crippen molar-refractivity contribution in [3.8, 4) is 5.75 Å². The minimum atomic E-state index is -0.765. The van der Waals surface area contributed by atoms with Crippen LogP contribution in [-0.2, 0) is 23.2 Å². The predicted molar refractivity (Wildman–Crippen MR) is 114 cm³/mol. The zero-order valence-corrected chi connectivity index (χ0v) is 17.2. The minimum Gasteiger partial charge on any atom is -0.476 e. The van der Waals surface area contributed by atoms with Gasteiger partial charge in [0.15, 0.2) is 6.10 Å². The first-order valence-corrected chi connectivity index (χ1v) is 9.80. The van der Waals surface area contributed by atoms with Crippen LogP contribution in [0.25, 0.3) is 11.0 Å². The highest BCUT2D eigenvalue weighted by atomic mass is 16.5. The van der Waals surface area contributed by atoms with E-state index in [4.69, 9.17) is 4.74 Å². The average Bonchev–Trinajstić information content (AvgIpc) is 3.00. The van der Waals surface area contributed by atoms with E-state index in [1.54, 1.807) is 53.4 Å². The summed E-state index contributed by atoms with van der Waals surface area (Å²) in [6, 6.07) is 14.7. The summed E-state index contributed by atoms with van der Waals surface area (Å²) in [7, 11) is 5.04. The average molecular weight is 408 g/mol. The zero-order chi connectivity index (χ0) is 21.4. The topological polar surface area (TPSA) is 76.8 Å². The second-order valence-corrected chi connectivity index (χ2v) is 7.54. The molecule has 8 nitrogen and oxygen atoms in total. The van der Waals surface area contributed by atoms with Crippen LogP contribution >= 0.6 is 0 Å². The minimum absolute atomic E-state index is 0.130. The molecule has 0 bridgehead atoms. The number of carbonyl (C=O) groups excluding carboxylic acids is 2. The van der Waals surface area contributed by atoms with Crippen LogP contribution in [0.15, 0.2) is 53.3 Å². The summed E-state index contributed by atoms with van der Waals surface area (Å²) in [6.07, 6.45) is -0.635. The lowest BCUT2D eigenvalue weighted by Gasteiger charge is -2.35. The Balaban J connectivity index is 1.59. The van der Waals surface area contributed by atoms with Gasteiger partial charge in [-0.1, -0.05) is 24.3 Å². The number of amides is 2. The van der Waals surface area contributed by atoms with Gasteiger partial charge in [0.2, 0.25) is 5.91 Å². The third-order valence-electron chi connectivity index (χ3n) is 5.39. The summed E-state index contributed by atoms with van der Waals surface area (Å²) in [6.45, 7) is 0.391. The van der Waals surface area contributed by atoms with Crippen molar-refractivity contribution in [1.82, 2.24) is 14.0 Å².